The summed E-state index contributed by atoms with van der Waals surface area (Å²) in [6, 6.07) is 2.94. The molecule has 0 spiro atoms. The van der Waals surface area contributed by atoms with E-state index in [1.54, 1.807) is 13.0 Å². The normalized spacial score (nSPS) is 10.3. The van der Waals surface area contributed by atoms with E-state index in [0.717, 1.165) is 25.7 Å². The molecule has 1 aromatic rings. The largest absolute Gasteiger partial charge is 0.507 e. The number of phenolic OH excluding ortho intramolecular Hbond substituents is 1. The molecule has 0 amide bonds. The Kier molecular flexibility index (Phi) is 8.73. The van der Waals surface area contributed by atoms with Crippen LogP contribution in [0, 0.1) is 6.92 Å². The fourth-order valence-electron chi connectivity index (χ4n) is 2.37. The lowest BCUT2D eigenvalue weighted by atomic mass is 10.1. The van der Waals surface area contributed by atoms with Gasteiger partial charge in [0.2, 0.25) is 0 Å². The highest BCUT2D eigenvalue weighted by molar-refractivity contribution is 5.82. The minimum absolute atomic E-state index is 0.0729. The van der Waals surface area contributed by atoms with E-state index in [0.29, 0.717) is 24.0 Å². The summed E-state index contributed by atoms with van der Waals surface area (Å²) in [5.74, 6) is -0.0772. The zero-order valence-electron chi connectivity index (χ0n) is 13.8. The number of benzene rings is 1. The number of phenols is 1. The maximum atomic E-state index is 11.8. The Morgan fingerprint density at radius 1 is 1.17 bits per heavy atom. The predicted octanol–water partition coefficient (Wildman–Crippen LogP) is 4.73. The van der Waals surface area contributed by atoms with Crippen molar-refractivity contribution in [3.05, 3.63) is 35.9 Å². The second kappa shape index (κ2) is 10.6. The van der Waals surface area contributed by atoms with Crippen LogP contribution in [0.5, 0.6) is 11.5 Å². The van der Waals surface area contributed by atoms with Crippen LogP contribution < -0.4 is 4.74 Å². The van der Waals surface area contributed by atoms with Gasteiger partial charge in [-0.05, 0) is 43.9 Å². The number of aromatic hydroxyl groups is 1. The van der Waals surface area contributed by atoms with Gasteiger partial charge >= 0.3 is 5.97 Å². The minimum atomic E-state index is -0.307. The van der Waals surface area contributed by atoms with E-state index >= 15 is 0 Å². The molecule has 0 unspecified atom stereocenters. The van der Waals surface area contributed by atoms with Crippen molar-refractivity contribution in [3.63, 3.8) is 0 Å². The maximum Gasteiger partial charge on any atom is 0.311 e. The summed E-state index contributed by atoms with van der Waals surface area (Å²) in [5.41, 5.74) is 0.643. The lowest BCUT2D eigenvalue weighted by molar-refractivity contribution is -0.134. The van der Waals surface area contributed by atoms with Gasteiger partial charge in [0.05, 0.1) is 5.56 Å². The lowest BCUT2D eigenvalue weighted by Gasteiger charge is -2.08. The molecule has 1 aromatic carbocycles. The van der Waals surface area contributed by atoms with Gasteiger partial charge in [-0.15, -0.1) is 6.58 Å². The molecule has 0 aliphatic rings. The maximum absolute atomic E-state index is 11.8. The molecule has 0 bridgehead atoms. The SMILES string of the molecule is C=CCCCCCCCCC(=O)Oc1cc(C)c(O)c(C=O)c1. The fraction of sp³-hybridized carbons (Fsp3) is 0.474. The van der Waals surface area contributed by atoms with Crippen LogP contribution in [0.2, 0.25) is 0 Å². The summed E-state index contributed by atoms with van der Waals surface area (Å²) in [6.45, 7) is 5.36. The quantitative estimate of drug-likeness (QED) is 0.211. The Morgan fingerprint density at radius 3 is 2.48 bits per heavy atom. The van der Waals surface area contributed by atoms with Crippen molar-refractivity contribution in [3.8, 4) is 11.5 Å². The van der Waals surface area contributed by atoms with Gasteiger partial charge in [0.1, 0.15) is 11.5 Å². The molecule has 23 heavy (non-hydrogen) atoms. The summed E-state index contributed by atoms with van der Waals surface area (Å²) < 4.78 is 5.23. The van der Waals surface area contributed by atoms with Gasteiger partial charge < -0.3 is 9.84 Å². The third-order valence-corrected chi connectivity index (χ3v) is 3.70. The van der Waals surface area contributed by atoms with Crippen LogP contribution in [0.15, 0.2) is 24.8 Å². The standard InChI is InChI=1S/C19H26O4/c1-3-4-5-6-7-8-9-10-11-18(21)23-17-12-15(2)19(22)16(13-17)14-20/h3,12-14,22H,1,4-11H2,2H3. The molecule has 0 radical (unpaired) electrons. The highest BCUT2D eigenvalue weighted by Gasteiger charge is 2.10. The van der Waals surface area contributed by atoms with Crippen LogP contribution in [0.3, 0.4) is 0 Å². The van der Waals surface area contributed by atoms with Crippen molar-refractivity contribution >= 4 is 12.3 Å². The minimum Gasteiger partial charge on any atom is -0.507 e. The van der Waals surface area contributed by atoms with E-state index in [2.05, 4.69) is 6.58 Å². The van der Waals surface area contributed by atoms with Gasteiger partial charge in [0.25, 0.3) is 0 Å². The number of carbonyl (C=O) groups excluding carboxylic acids is 2. The van der Waals surface area contributed by atoms with Crippen LogP contribution in [0.1, 0.15) is 67.3 Å². The van der Waals surface area contributed by atoms with E-state index in [4.69, 9.17) is 4.74 Å². The second-order valence-electron chi connectivity index (χ2n) is 5.72. The van der Waals surface area contributed by atoms with Gasteiger partial charge in [-0.1, -0.05) is 31.8 Å². The van der Waals surface area contributed by atoms with Gasteiger partial charge in [0, 0.05) is 6.42 Å². The van der Waals surface area contributed by atoms with Crippen LogP contribution in [0.25, 0.3) is 0 Å². The molecule has 0 saturated heterocycles. The van der Waals surface area contributed by atoms with E-state index in [1.807, 2.05) is 6.08 Å². The van der Waals surface area contributed by atoms with Crippen molar-refractivity contribution < 1.29 is 19.4 Å². The number of hydrogen-bond acceptors (Lipinski definition) is 4. The number of unbranched alkanes of at least 4 members (excludes halogenated alkanes) is 6. The third kappa shape index (κ3) is 7.13. The van der Waals surface area contributed by atoms with Crippen molar-refractivity contribution in [2.45, 2.75) is 58.3 Å². The number of aryl methyl sites for hydroxylation is 1. The predicted molar refractivity (Wildman–Crippen MR) is 91.0 cm³/mol. The van der Waals surface area contributed by atoms with Crippen molar-refractivity contribution in [2.24, 2.45) is 0 Å². The number of rotatable bonds is 11. The van der Waals surface area contributed by atoms with Crippen LogP contribution in [-0.4, -0.2) is 17.4 Å². The first-order valence-corrected chi connectivity index (χ1v) is 8.19. The fourth-order valence-corrected chi connectivity index (χ4v) is 2.37. The lowest BCUT2D eigenvalue weighted by Crippen LogP contribution is -2.08. The summed E-state index contributed by atoms with van der Waals surface area (Å²) in [7, 11) is 0. The molecule has 0 aromatic heterocycles. The molecule has 0 fully saturated rings. The number of aldehydes is 1. The molecule has 1 rings (SSSR count). The zero-order chi connectivity index (χ0) is 17.1. The topological polar surface area (TPSA) is 63.6 Å². The Bertz CT molecular complexity index is 534. The van der Waals surface area contributed by atoms with Crippen molar-refractivity contribution in [1.29, 1.82) is 0 Å². The molecule has 4 heteroatoms. The van der Waals surface area contributed by atoms with Gasteiger partial charge in [-0.2, -0.15) is 0 Å². The van der Waals surface area contributed by atoms with Crippen LogP contribution in [-0.2, 0) is 4.79 Å². The smallest absolute Gasteiger partial charge is 0.311 e. The van der Waals surface area contributed by atoms with Crippen molar-refractivity contribution in [2.75, 3.05) is 0 Å². The number of ether oxygens (including phenoxy) is 1. The first-order chi connectivity index (χ1) is 11.1. The number of esters is 1. The molecular formula is C19H26O4. The summed E-state index contributed by atoms with van der Waals surface area (Å²) in [6.07, 6.45) is 10.4. The van der Waals surface area contributed by atoms with Gasteiger partial charge in [-0.25, -0.2) is 0 Å². The zero-order valence-corrected chi connectivity index (χ0v) is 13.8. The Hall–Kier alpha value is -2.10. The molecule has 126 valence electrons. The van der Waals surface area contributed by atoms with E-state index in [9.17, 15) is 14.7 Å². The van der Waals surface area contributed by atoms with Gasteiger partial charge in [0.15, 0.2) is 6.29 Å². The number of carbonyl (C=O) groups is 2. The molecule has 0 heterocycles. The molecule has 0 aliphatic carbocycles. The molecule has 4 nitrogen and oxygen atoms in total. The van der Waals surface area contributed by atoms with E-state index in [1.165, 1.54) is 25.3 Å². The van der Waals surface area contributed by atoms with Crippen molar-refractivity contribution in [1.82, 2.24) is 0 Å². The molecule has 1 N–H and O–H groups in total. The average Bonchev–Trinajstić information content (AvgIpc) is 2.53. The number of allylic oxidation sites excluding steroid dienone is 1. The first-order valence-electron chi connectivity index (χ1n) is 8.19. The van der Waals surface area contributed by atoms with Crippen LogP contribution >= 0.6 is 0 Å². The summed E-state index contributed by atoms with van der Waals surface area (Å²) in [4.78, 5) is 22.6. The molecule has 0 aliphatic heterocycles. The Labute approximate surface area is 138 Å². The second-order valence-corrected chi connectivity index (χ2v) is 5.72. The Balaban J connectivity index is 2.28. The summed E-state index contributed by atoms with van der Waals surface area (Å²) in [5, 5.41) is 9.66. The summed E-state index contributed by atoms with van der Waals surface area (Å²) >= 11 is 0. The highest BCUT2D eigenvalue weighted by atomic mass is 16.5. The molecular weight excluding hydrogens is 292 g/mol. The van der Waals surface area contributed by atoms with E-state index < -0.39 is 0 Å². The molecule has 0 atom stereocenters. The highest BCUT2D eigenvalue weighted by Crippen LogP contribution is 2.26. The Morgan fingerprint density at radius 2 is 1.83 bits per heavy atom. The first kappa shape index (κ1) is 18.9. The van der Waals surface area contributed by atoms with Crippen LogP contribution in [0.4, 0.5) is 0 Å². The molecule has 0 saturated carbocycles. The average molecular weight is 318 g/mol. The number of hydrogen-bond donors (Lipinski definition) is 1. The monoisotopic (exact) mass is 318 g/mol. The van der Waals surface area contributed by atoms with Gasteiger partial charge in [-0.3, -0.25) is 9.59 Å². The van der Waals surface area contributed by atoms with E-state index in [-0.39, 0.29) is 17.3 Å². The third-order valence-electron chi connectivity index (χ3n) is 3.70.